The van der Waals surface area contributed by atoms with Gasteiger partial charge in [-0.15, -0.1) is 0 Å². The molecule has 0 spiro atoms. The zero-order chi connectivity index (χ0) is 18.1. The summed E-state index contributed by atoms with van der Waals surface area (Å²) in [6, 6.07) is 13.9. The number of aromatic amines is 1. The molecule has 2 aromatic carbocycles. The molecule has 0 saturated carbocycles. The molecular formula is C20H18ClFN3O+. The first-order valence-corrected chi connectivity index (χ1v) is 8.90. The summed E-state index contributed by atoms with van der Waals surface area (Å²) in [7, 11) is 0. The molecule has 1 aliphatic rings. The van der Waals surface area contributed by atoms with Crippen LogP contribution in [-0.4, -0.2) is 37.0 Å². The minimum Gasteiger partial charge on any atom is -0.367 e. The molecule has 4 nitrogen and oxygen atoms in total. The summed E-state index contributed by atoms with van der Waals surface area (Å²) in [6.07, 6.45) is 1.89. The summed E-state index contributed by atoms with van der Waals surface area (Å²) < 4.78 is 13.9. The van der Waals surface area contributed by atoms with Gasteiger partial charge in [0.1, 0.15) is 5.82 Å². The standard InChI is InChI=1S/C20H17ClFN3O/c21-14-5-6-16-18(13-14)23-8-7-19(16)24-9-11-25(12-10-24)20(26)15-3-1-2-4-17(15)22/h1-8,13H,9-12H2/p+1. The Bertz CT molecular complexity index is 970. The Balaban J connectivity index is 1.52. The van der Waals surface area contributed by atoms with Crippen LogP contribution in [0.2, 0.25) is 5.02 Å². The van der Waals surface area contributed by atoms with Gasteiger partial charge in [0, 0.05) is 43.3 Å². The van der Waals surface area contributed by atoms with E-state index in [2.05, 4.69) is 9.88 Å². The van der Waals surface area contributed by atoms with Gasteiger partial charge in [0.2, 0.25) is 5.52 Å². The fourth-order valence-corrected chi connectivity index (χ4v) is 3.56. The number of hydrogen-bond acceptors (Lipinski definition) is 2. The fourth-order valence-electron chi connectivity index (χ4n) is 3.39. The Kier molecular flexibility index (Phi) is 4.47. The maximum Gasteiger partial charge on any atom is 0.256 e. The van der Waals surface area contributed by atoms with E-state index in [1.165, 1.54) is 12.1 Å². The molecule has 1 fully saturated rings. The van der Waals surface area contributed by atoms with Crippen molar-refractivity contribution in [1.29, 1.82) is 0 Å². The number of fused-ring (bicyclic) bond motifs is 1. The van der Waals surface area contributed by atoms with Gasteiger partial charge in [-0.1, -0.05) is 23.7 Å². The number of pyridine rings is 1. The molecule has 1 saturated heterocycles. The van der Waals surface area contributed by atoms with Crippen LogP contribution in [0.25, 0.3) is 10.9 Å². The maximum absolute atomic E-state index is 13.9. The lowest BCUT2D eigenvalue weighted by molar-refractivity contribution is -0.344. The van der Waals surface area contributed by atoms with Crippen LogP contribution in [0.15, 0.2) is 54.7 Å². The highest BCUT2D eigenvalue weighted by Crippen LogP contribution is 2.27. The molecule has 1 N–H and O–H groups in total. The van der Waals surface area contributed by atoms with Crippen molar-refractivity contribution in [2.24, 2.45) is 0 Å². The van der Waals surface area contributed by atoms with Gasteiger partial charge in [-0.3, -0.25) is 4.79 Å². The van der Waals surface area contributed by atoms with Crippen LogP contribution in [0.5, 0.6) is 0 Å². The number of hydrogen-bond donors (Lipinski definition) is 0. The first-order valence-electron chi connectivity index (χ1n) is 8.52. The van der Waals surface area contributed by atoms with Crippen molar-refractivity contribution in [2.45, 2.75) is 0 Å². The molecule has 4 rings (SSSR count). The van der Waals surface area contributed by atoms with Gasteiger partial charge >= 0.3 is 0 Å². The number of amides is 1. The van der Waals surface area contributed by atoms with E-state index in [-0.39, 0.29) is 11.5 Å². The van der Waals surface area contributed by atoms with Crippen LogP contribution in [-0.2, 0) is 0 Å². The summed E-state index contributed by atoms with van der Waals surface area (Å²) >= 11 is 6.07. The first-order chi connectivity index (χ1) is 12.6. The van der Waals surface area contributed by atoms with E-state index in [0.717, 1.165) is 16.6 Å². The third-order valence-electron chi connectivity index (χ3n) is 4.75. The molecule has 26 heavy (non-hydrogen) atoms. The van der Waals surface area contributed by atoms with Gasteiger partial charge in [0.25, 0.3) is 5.91 Å². The molecule has 0 unspecified atom stereocenters. The molecule has 3 aromatic rings. The molecule has 2 heterocycles. The third kappa shape index (κ3) is 3.10. The number of aromatic nitrogens is 1. The number of rotatable bonds is 2. The van der Waals surface area contributed by atoms with Gasteiger partial charge in [0.15, 0.2) is 6.20 Å². The Labute approximate surface area is 155 Å². The van der Waals surface area contributed by atoms with E-state index in [1.807, 2.05) is 30.5 Å². The smallest absolute Gasteiger partial charge is 0.256 e. The highest BCUT2D eigenvalue weighted by molar-refractivity contribution is 6.31. The van der Waals surface area contributed by atoms with Crippen molar-refractivity contribution in [2.75, 3.05) is 31.1 Å². The monoisotopic (exact) mass is 370 g/mol. The molecule has 1 aliphatic heterocycles. The number of halogens is 2. The number of nitrogens with one attached hydrogen (secondary N) is 1. The molecule has 6 heteroatoms. The van der Waals surface area contributed by atoms with Gasteiger partial charge in [0.05, 0.1) is 16.6 Å². The average Bonchev–Trinajstić information content (AvgIpc) is 2.67. The van der Waals surface area contributed by atoms with E-state index in [4.69, 9.17) is 11.6 Å². The first kappa shape index (κ1) is 16.8. The molecular weight excluding hydrogens is 353 g/mol. The Hall–Kier alpha value is -2.66. The minimum atomic E-state index is -0.471. The number of piperazine rings is 1. The van der Waals surface area contributed by atoms with Crippen LogP contribution < -0.4 is 9.88 Å². The van der Waals surface area contributed by atoms with Gasteiger partial charge < -0.3 is 9.80 Å². The summed E-state index contributed by atoms with van der Waals surface area (Å²) in [5.74, 6) is -0.720. The molecule has 0 atom stereocenters. The normalized spacial score (nSPS) is 14.7. The zero-order valence-corrected chi connectivity index (χ0v) is 14.8. The summed E-state index contributed by atoms with van der Waals surface area (Å²) in [5, 5.41) is 1.77. The predicted octanol–water partition coefficient (Wildman–Crippen LogP) is 3.41. The predicted molar refractivity (Wildman–Crippen MR) is 100 cm³/mol. The quantitative estimate of drug-likeness (QED) is 0.693. The van der Waals surface area contributed by atoms with Crippen molar-refractivity contribution in [3.05, 3.63) is 71.1 Å². The van der Waals surface area contributed by atoms with E-state index >= 15 is 0 Å². The lowest BCUT2D eigenvalue weighted by atomic mass is 10.1. The molecule has 0 radical (unpaired) electrons. The molecule has 1 aromatic heterocycles. The van der Waals surface area contributed by atoms with Crippen molar-refractivity contribution in [3.8, 4) is 0 Å². The van der Waals surface area contributed by atoms with Crippen molar-refractivity contribution in [1.82, 2.24) is 4.90 Å². The van der Waals surface area contributed by atoms with Crippen LogP contribution in [0, 0.1) is 5.82 Å². The Morgan fingerprint density at radius 1 is 1.04 bits per heavy atom. The Morgan fingerprint density at radius 3 is 2.58 bits per heavy atom. The van der Waals surface area contributed by atoms with E-state index in [9.17, 15) is 9.18 Å². The van der Waals surface area contributed by atoms with Crippen LogP contribution in [0.4, 0.5) is 10.1 Å². The summed E-state index contributed by atoms with van der Waals surface area (Å²) in [4.78, 5) is 19.7. The number of carbonyl (C=O) groups is 1. The largest absolute Gasteiger partial charge is 0.367 e. The lowest BCUT2D eigenvalue weighted by Crippen LogP contribution is -2.49. The lowest BCUT2D eigenvalue weighted by Gasteiger charge is -2.36. The van der Waals surface area contributed by atoms with Gasteiger partial charge in [-0.2, -0.15) is 0 Å². The van der Waals surface area contributed by atoms with Crippen LogP contribution in [0.1, 0.15) is 10.4 Å². The molecule has 0 aliphatic carbocycles. The van der Waals surface area contributed by atoms with Crippen molar-refractivity contribution in [3.63, 3.8) is 0 Å². The summed E-state index contributed by atoms with van der Waals surface area (Å²) in [5.41, 5.74) is 2.21. The highest BCUT2D eigenvalue weighted by atomic mass is 35.5. The number of H-pyrrole nitrogens is 1. The SMILES string of the molecule is O=C(c1ccccc1F)N1CCN(c2cc[nH+]c3cc(Cl)ccc23)CC1. The Morgan fingerprint density at radius 2 is 1.81 bits per heavy atom. The number of benzene rings is 2. The summed E-state index contributed by atoms with van der Waals surface area (Å²) in [6.45, 7) is 2.51. The average molecular weight is 371 g/mol. The second kappa shape index (κ2) is 6.92. The second-order valence-electron chi connectivity index (χ2n) is 6.31. The van der Waals surface area contributed by atoms with Crippen LogP contribution >= 0.6 is 11.6 Å². The molecule has 0 bridgehead atoms. The van der Waals surface area contributed by atoms with Gasteiger partial charge in [-0.25, -0.2) is 9.37 Å². The second-order valence-corrected chi connectivity index (χ2v) is 6.75. The molecule has 1 amide bonds. The zero-order valence-electron chi connectivity index (χ0n) is 14.1. The van der Waals surface area contributed by atoms with E-state index in [0.29, 0.717) is 31.2 Å². The van der Waals surface area contributed by atoms with Crippen molar-refractivity contribution >= 4 is 34.1 Å². The number of nitrogens with zero attached hydrogens (tertiary/aromatic N) is 2. The number of carbonyl (C=O) groups excluding carboxylic acids is 1. The van der Waals surface area contributed by atoms with Crippen molar-refractivity contribution < 1.29 is 14.2 Å². The highest BCUT2D eigenvalue weighted by Gasteiger charge is 2.25. The minimum absolute atomic E-state index is 0.135. The number of anilines is 1. The topological polar surface area (TPSA) is 37.7 Å². The van der Waals surface area contributed by atoms with Gasteiger partial charge in [-0.05, 0) is 24.3 Å². The van der Waals surface area contributed by atoms with E-state index in [1.54, 1.807) is 17.0 Å². The van der Waals surface area contributed by atoms with Crippen LogP contribution in [0.3, 0.4) is 0 Å². The van der Waals surface area contributed by atoms with E-state index < -0.39 is 5.82 Å². The third-order valence-corrected chi connectivity index (χ3v) is 4.98. The maximum atomic E-state index is 13.9. The molecule has 132 valence electrons. The fraction of sp³-hybridized carbons (Fsp3) is 0.200.